The molecule has 0 aromatic carbocycles. The maximum atomic E-state index is 6.05. The molecular weight excluding hydrogens is 182 g/mol. The average molecular weight is 197 g/mol. The maximum absolute atomic E-state index is 6.05. The van der Waals surface area contributed by atoms with E-state index >= 15 is 0 Å². The molecule has 1 heterocycles. The van der Waals surface area contributed by atoms with Crippen molar-refractivity contribution in [2.45, 2.75) is 38.1 Å². The number of aromatic nitrogens is 2. The highest BCUT2D eigenvalue weighted by Crippen LogP contribution is 2.32. The third-order valence-corrected chi connectivity index (χ3v) is 3.60. The molecule has 0 saturated heterocycles. The van der Waals surface area contributed by atoms with E-state index in [1.54, 1.807) is 6.20 Å². The van der Waals surface area contributed by atoms with E-state index in [1.165, 1.54) is 37.2 Å². The van der Waals surface area contributed by atoms with Crippen molar-refractivity contribution >= 4 is 11.5 Å². The van der Waals surface area contributed by atoms with Crippen LogP contribution in [0.25, 0.3) is 0 Å². The molecule has 1 aromatic rings. The summed E-state index contributed by atoms with van der Waals surface area (Å²) >= 11 is 1.43. The van der Waals surface area contributed by atoms with Crippen molar-refractivity contribution in [3.63, 3.8) is 0 Å². The molecule has 72 valence electrons. The van der Waals surface area contributed by atoms with E-state index < -0.39 is 0 Å². The van der Waals surface area contributed by atoms with Crippen molar-refractivity contribution in [1.29, 1.82) is 0 Å². The number of rotatable bonds is 3. The summed E-state index contributed by atoms with van der Waals surface area (Å²) in [5, 5.41) is 3.81. The van der Waals surface area contributed by atoms with E-state index in [9.17, 15) is 0 Å². The molecule has 1 aliphatic carbocycles. The third kappa shape index (κ3) is 2.25. The molecule has 1 fully saturated rings. The zero-order valence-corrected chi connectivity index (χ0v) is 8.46. The molecule has 1 atom stereocenters. The van der Waals surface area contributed by atoms with Crippen molar-refractivity contribution in [2.75, 3.05) is 0 Å². The SMILES string of the molecule is NC(CC1CCCC1)c1cnns1. The van der Waals surface area contributed by atoms with Crippen LogP contribution in [0.5, 0.6) is 0 Å². The fourth-order valence-corrected chi connectivity index (χ4v) is 2.57. The third-order valence-electron chi connectivity index (χ3n) is 2.81. The maximum Gasteiger partial charge on any atom is 0.0669 e. The minimum atomic E-state index is 0.170. The van der Waals surface area contributed by atoms with Crippen LogP contribution in [0.4, 0.5) is 0 Å². The van der Waals surface area contributed by atoms with Gasteiger partial charge in [-0.1, -0.05) is 30.2 Å². The van der Waals surface area contributed by atoms with Crippen LogP contribution in [0.2, 0.25) is 0 Å². The molecule has 2 rings (SSSR count). The zero-order chi connectivity index (χ0) is 9.10. The molecule has 1 aliphatic rings. The smallest absolute Gasteiger partial charge is 0.0669 e. The van der Waals surface area contributed by atoms with Crippen molar-refractivity contribution < 1.29 is 0 Å². The Kier molecular flexibility index (Phi) is 2.90. The lowest BCUT2D eigenvalue weighted by molar-refractivity contribution is 0.454. The molecule has 2 N–H and O–H groups in total. The summed E-state index contributed by atoms with van der Waals surface area (Å²) in [4.78, 5) is 1.13. The van der Waals surface area contributed by atoms with Crippen LogP contribution in [-0.4, -0.2) is 9.59 Å². The summed E-state index contributed by atoms with van der Waals surface area (Å²) in [6.07, 6.45) is 8.41. The summed E-state index contributed by atoms with van der Waals surface area (Å²) < 4.78 is 3.83. The molecule has 0 radical (unpaired) electrons. The predicted octanol–water partition coefficient (Wildman–Crippen LogP) is 2.12. The van der Waals surface area contributed by atoms with Gasteiger partial charge < -0.3 is 5.73 Å². The highest BCUT2D eigenvalue weighted by Gasteiger charge is 2.19. The number of hydrogen-bond acceptors (Lipinski definition) is 4. The molecular formula is C9H15N3S. The van der Waals surface area contributed by atoms with Gasteiger partial charge in [0.05, 0.1) is 11.1 Å². The Hall–Kier alpha value is -0.480. The molecule has 0 aliphatic heterocycles. The average Bonchev–Trinajstić information content (AvgIpc) is 2.74. The fraction of sp³-hybridized carbons (Fsp3) is 0.778. The molecule has 0 bridgehead atoms. The Labute approximate surface area is 82.5 Å². The van der Waals surface area contributed by atoms with E-state index in [0.717, 1.165) is 17.2 Å². The first kappa shape index (κ1) is 9.09. The predicted molar refractivity (Wildman–Crippen MR) is 53.4 cm³/mol. The van der Waals surface area contributed by atoms with E-state index in [-0.39, 0.29) is 6.04 Å². The minimum Gasteiger partial charge on any atom is -0.323 e. The van der Waals surface area contributed by atoms with E-state index in [0.29, 0.717) is 0 Å². The summed E-state index contributed by atoms with van der Waals surface area (Å²) in [6, 6.07) is 0.170. The van der Waals surface area contributed by atoms with E-state index in [2.05, 4.69) is 9.59 Å². The van der Waals surface area contributed by atoms with Gasteiger partial charge in [0.25, 0.3) is 0 Å². The Balaban J connectivity index is 1.87. The first-order valence-corrected chi connectivity index (χ1v) is 5.66. The van der Waals surface area contributed by atoms with Gasteiger partial charge in [-0.2, -0.15) is 0 Å². The lowest BCUT2D eigenvalue weighted by Crippen LogP contribution is -2.12. The van der Waals surface area contributed by atoms with Crippen molar-refractivity contribution in [2.24, 2.45) is 11.7 Å². The van der Waals surface area contributed by atoms with Crippen LogP contribution in [0, 0.1) is 5.92 Å². The second kappa shape index (κ2) is 4.15. The van der Waals surface area contributed by atoms with Gasteiger partial charge in [0.1, 0.15) is 0 Å². The number of hydrogen-bond donors (Lipinski definition) is 1. The molecule has 0 spiro atoms. The molecule has 1 unspecified atom stereocenters. The first-order chi connectivity index (χ1) is 6.36. The van der Waals surface area contributed by atoms with Gasteiger partial charge in [-0.15, -0.1) is 5.10 Å². The van der Waals surface area contributed by atoms with Gasteiger partial charge in [0, 0.05) is 6.04 Å². The Bertz CT molecular complexity index is 241. The van der Waals surface area contributed by atoms with Crippen LogP contribution in [0.3, 0.4) is 0 Å². The van der Waals surface area contributed by atoms with Crippen LogP contribution < -0.4 is 5.73 Å². The Morgan fingerprint density at radius 2 is 2.31 bits per heavy atom. The summed E-state index contributed by atoms with van der Waals surface area (Å²) in [6.45, 7) is 0. The largest absolute Gasteiger partial charge is 0.323 e. The van der Waals surface area contributed by atoms with Gasteiger partial charge in [-0.3, -0.25) is 0 Å². The van der Waals surface area contributed by atoms with Crippen molar-refractivity contribution in [1.82, 2.24) is 9.59 Å². The Morgan fingerprint density at radius 3 is 2.92 bits per heavy atom. The lowest BCUT2D eigenvalue weighted by Gasteiger charge is -2.13. The van der Waals surface area contributed by atoms with E-state index in [4.69, 9.17) is 5.73 Å². The number of nitrogens with zero attached hydrogens (tertiary/aromatic N) is 2. The first-order valence-electron chi connectivity index (χ1n) is 4.89. The molecule has 13 heavy (non-hydrogen) atoms. The summed E-state index contributed by atoms with van der Waals surface area (Å²) in [7, 11) is 0. The zero-order valence-electron chi connectivity index (χ0n) is 7.65. The Morgan fingerprint density at radius 1 is 1.54 bits per heavy atom. The van der Waals surface area contributed by atoms with Gasteiger partial charge in [0.15, 0.2) is 0 Å². The monoisotopic (exact) mass is 197 g/mol. The van der Waals surface area contributed by atoms with Crippen LogP contribution in [-0.2, 0) is 0 Å². The number of nitrogens with two attached hydrogens (primary N) is 1. The van der Waals surface area contributed by atoms with Gasteiger partial charge in [0.2, 0.25) is 0 Å². The second-order valence-corrected chi connectivity index (χ2v) is 4.63. The highest BCUT2D eigenvalue weighted by atomic mass is 32.1. The normalized spacial score (nSPS) is 20.7. The van der Waals surface area contributed by atoms with Gasteiger partial charge in [-0.25, -0.2) is 0 Å². The topological polar surface area (TPSA) is 51.8 Å². The summed E-state index contributed by atoms with van der Waals surface area (Å²) in [5.74, 6) is 0.845. The van der Waals surface area contributed by atoms with Crippen molar-refractivity contribution in [3.05, 3.63) is 11.1 Å². The second-order valence-electron chi connectivity index (χ2n) is 3.81. The van der Waals surface area contributed by atoms with Gasteiger partial charge in [-0.05, 0) is 23.9 Å². The standard InChI is InChI=1S/C9H15N3S/c10-8(9-6-11-12-13-9)5-7-3-1-2-4-7/h6-8H,1-5,10H2. The molecule has 0 amide bonds. The van der Waals surface area contributed by atoms with Crippen molar-refractivity contribution in [3.8, 4) is 0 Å². The quantitative estimate of drug-likeness (QED) is 0.807. The van der Waals surface area contributed by atoms with Gasteiger partial charge >= 0.3 is 0 Å². The lowest BCUT2D eigenvalue weighted by atomic mass is 9.98. The fourth-order valence-electron chi connectivity index (χ4n) is 2.06. The van der Waals surface area contributed by atoms with Crippen LogP contribution >= 0.6 is 11.5 Å². The molecule has 4 heteroatoms. The van der Waals surface area contributed by atoms with Crippen LogP contribution in [0.1, 0.15) is 43.0 Å². The minimum absolute atomic E-state index is 0.170. The molecule has 1 saturated carbocycles. The molecule has 3 nitrogen and oxygen atoms in total. The summed E-state index contributed by atoms with van der Waals surface area (Å²) in [5.41, 5.74) is 6.05. The van der Waals surface area contributed by atoms with E-state index in [1.807, 2.05) is 0 Å². The highest BCUT2D eigenvalue weighted by molar-refractivity contribution is 7.05. The molecule has 1 aromatic heterocycles. The van der Waals surface area contributed by atoms with Crippen LogP contribution in [0.15, 0.2) is 6.20 Å².